The number of nitrogens with one attached hydrogen (secondary N) is 3. The maximum absolute atomic E-state index is 11.8. The minimum Gasteiger partial charge on any atom is -0.444 e. The number of aromatic nitrogens is 3. The molecule has 0 radical (unpaired) electrons. The van der Waals surface area contributed by atoms with Gasteiger partial charge in [0.25, 0.3) is 5.56 Å². The Morgan fingerprint density at radius 1 is 1.17 bits per heavy atom. The average molecular weight is 310 g/mol. The maximum atomic E-state index is 11.8. The first-order chi connectivity index (χ1) is 11.2. The van der Waals surface area contributed by atoms with Crippen LogP contribution in [0.25, 0.3) is 11.1 Å². The van der Waals surface area contributed by atoms with E-state index in [0.717, 1.165) is 16.7 Å². The lowest BCUT2D eigenvalue weighted by atomic mass is 10.1. The molecule has 0 aliphatic rings. The summed E-state index contributed by atoms with van der Waals surface area (Å²) < 4.78 is 5.10. The third kappa shape index (κ3) is 3.65. The van der Waals surface area contributed by atoms with Crippen molar-refractivity contribution < 1.29 is 9.53 Å². The lowest BCUT2D eigenvalue weighted by Crippen LogP contribution is -2.20. The van der Waals surface area contributed by atoms with Crippen LogP contribution in [0.2, 0.25) is 0 Å². The van der Waals surface area contributed by atoms with Gasteiger partial charge in [0, 0.05) is 23.5 Å². The molecule has 2 heterocycles. The Balaban J connectivity index is 1.68. The molecule has 0 saturated heterocycles. The maximum Gasteiger partial charge on any atom is 0.412 e. The van der Waals surface area contributed by atoms with E-state index in [0.29, 0.717) is 0 Å². The van der Waals surface area contributed by atoms with Crippen LogP contribution in [0, 0.1) is 0 Å². The molecular formula is C16H14N4O3. The first-order valence-corrected chi connectivity index (χ1v) is 6.92. The van der Waals surface area contributed by atoms with Crippen molar-refractivity contribution in [1.29, 1.82) is 0 Å². The summed E-state index contributed by atoms with van der Waals surface area (Å²) in [6.07, 6.45) is 4.16. The monoisotopic (exact) mass is 310 g/mol. The van der Waals surface area contributed by atoms with Crippen LogP contribution in [-0.4, -0.2) is 21.3 Å². The average Bonchev–Trinajstić information content (AvgIpc) is 3.10. The lowest BCUT2D eigenvalue weighted by Gasteiger charge is -2.07. The fourth-order valence-electron chi connectivity index (χ4n) is 2.02. The van der Waals surface area contributed by atoms with E-state index in [1.165, 1.54) is 0 Å². The highest BCUT2D eigenvalue weighted by Crippen LogP contribution is 2.18. The molecule has 3 aromatic rings. The normalized spacial score (nSPS) is 10.3. The molecule has 0 aliphatic heterocycles. The van der Waals surface area contributed by atoms with E-state index >= 15 is 0 Å². The van der Waals surface area contributed by atoms with Crippen molar-refractivity contribution in [2.45, 2.75) is 6.61 Å². The first-order valence-electron chi connectivity index (χ1n) is 6.92. The number of carbonyl (C=O) groups excluding carboxylic acids is 1. The van der Waals surface area contributed by atoms with E-state index < -0.39 is 11.7 Å². The van der Waals surface area contributed by atoms with Gasteiger partial charge in [0.05, 0.1) is 6.20 Å². The van der Waals surface area contributed by atoms with Gasteiger partial charge < -0.3 is 9.72 Å². The third-order valence-electron chi connectivity index (χ3n) is 3.18. The summed E-state index contributed by atoms with van der Waals surface area (Å²) >= 11 is 0. The summed E-state index contributed by atoms with van der Waals surface area (Å²) in [6.45, 7) is 0.131. The van der Waals surface area contributed by atoms with Crippen LogP contribution >= 0.6 is 0 Å². The summed E-state index contributed by atoms with van der Waals surface area (Å²) in [5.74, 6) is 0. The van der Waals surface area contributed by atoms with Gasteiger partial charge in [-0.3, -0.25) is 15.2 Å². The summed E-state index contributed by atoms with van der Waals surface area (Å²) in [5, 5.41) is 8.98. The molecule has 0 saturated carbocycles. The third-order valence-corrected chi connectivity index (χ3v) is 3.18. The van der Waals surface area contributed by atoms with E-state index in [2.05, 4.69) is 20.5 Å². The number of amides is 1. The Bertz CT molecular complexity index is 841. The summed E-state index contributed by atoms with van der Waals surface area (Å²) in [5.41, 5.74) is 2.08. The second kappa shape index (κ2) is 6.61. The number of carbonyl (C=O) groups is 1. The molecule has 0 atom stereocenters. The molecule has 1 amide bonds. The van der Waals surface area contributed by atoms with Crippen molar-refractivity contribution in [3.63, 3.8) is 0 Å². The predicted molar refractivity (Wildman–Crippen MR) is 84.9 cm³/mol. The Morgan fingerprint density at radius 3 is 2.74 bits per heavy atom. The van der Waals surface area contributed by atoms with Crippen LogP contribution in [0.5, 0.6) is 0 Å². The second-order valence-corrected chi connectivity index (χ2v) is 4.80. The number of nitrogens with zero attached hydrogens (tertiary/aromatic N) is 1. The number of hydrogen-bond acceptors (Lipinski definition) is 4. The predicted octanol–water partition coefficient (Wildman–Crippen LogP) is 2.51. The largest absolute Gasteiger partial charge is 0.444 e. The van der Waals surface area contributed by atoms with Crippen molar-refractivity contribution in [1.82, 2.24) is 15.2 Å². The highest BCUT2D eigenvalue weighted by Gasteiger charge is 2.09. The summed E-state index contributed by atoms with van der Waals surface area (Å²) in [6, 6.07) is 10.8. The zero-order valence-electron chi connectivity index (χ0n) is 12.1. The lowest BCUT2D eigenvalue weighted by molar-refractivity contribution is 0.155. The van der Waals surface area contributed by atoms with E-state index in [4.69, 9.17) is 4.74 Å². The standard InChI is InChI=1S/C16H14N4O3/c21-15-14(6-12(7-17-15)13-8-18-19-9-13)20-16(22)23-10-11-4-2-1-3-5-11/h1-9H,10H2,(H,17,21)(H,18,19)(H,20,22). The van der Waals surface area contributed by atoms with Gasteiger partial charge in [0.2, 0.25) is 0 Å². The second-order valence-electron chi connectivity index (χ2n) is 4.80. The summed E-state index contributed by atoms with van der Waals surface area (Å²) in [7, 11) is 0. The number of aromatic amines is 2. The van der Waals surface area contributed by atoms with Crippen molar-refractivity contribution in [2.24, 2.45) is 0 Å². The molecule has 0 fully saturated rings. The van der Waals surface area contributed by atoms with Crippen molar-refractivity contribution in [2.75, 3.05) is 5.32 Å². The van der Waals surface area contributed by atoms with Crippen LogP contribution in [-0.2, 0) is 11.3 Å². The Hall–Kier alpha value is -3.35. The quantitative estimate of drug-likeness (QED) is 0.689. The smallest absolute Gasteiger partial charge is 0.412 e. The number of H-pyrrole nitrogens is 2. The van der Waals surface area contributed by atoms with E-state index in [-0.39, 0.29) is 12.3 Å². The Kier molecular flexibility index (Phi) is 4.19. The van der Waals surface area contributed by atoms with Gasteiger partial charge in [-0.15, -0.1) is 0 Å². The van der Waals surface area contributed by atoms with E-state index in [1.807, 2.05) is 30.3 Å². The first kappa shape index (κ1) is 14.6. The molecule has 2 aromatic heterocycles. The van der Waals surface area contributed by atoms with Gasteiger partial charge in [-0.1, -0.05) is 30.3 Å². The number of pyridine rings is 1. The molecule has 23 heavy (non-hydrogen) atoms. The van der Waals surface area contributed by atoms with Crippen LogP contribution in [0.3, 0.4) is 0 Å². The molecule has 7 nitrogen and oxygen atoms in total. The van der Waals surface area contributed by atoms with Crippen LogP contribution in [0.15, 0.2) is 59.8 Å². The minimum atomic E-state index is -0.691. The van der Waals surface area contributed by atoms with Crippen molar-refractivity contribution in [3.05, 3.63) is 70.9 Å². The molecule has 3 rings (SSSR count). The van der Waals surface area contributed by atoms with Crippen LogP contribution in [0.1, 0.15) is 5.56 Å². The van der Waals surface area contributed by atoms with Gasteiger partial charge in [-0.2, -0.15) is 5.10 Å². The van der Waals surface area contributed by atoms with Gasteiger partial charge in [-0.05, 0) is 11.6 Å². The number of rotatable bonds is 4. The Morgan fingerprint density at radius 2 is 2.00 bits per heavy atom. The molecule has 0 aliphatic carbocycles. The highest BCUT2D eigenvalue weighted by molar-refractivity contribution is 5.85. The van der Waals surface area contributed by atoms with E-state index in [9.17, 15) is 9.59 Å². The van der Waals surface area contributed by atoms with E-state index in [1.54, 1.807) is 24.7 Å². The number of ether oxygens (including phenoxy) is 1. The molecule has 1 aromatic carbocycles. The topological polar surface area (TPSA) is 99.9 Å². The number of anilines is 1. The van der Waals surface area contributed by atoms with Crippen LogP contribution < -0.4 is 10.9 Å². The number of benzene rings is 1. The highest BCUT2D eigenvalue weighted by atomic mass is 16.5. The fourth-order valence-corrected chi connectivity index (χ4v) is 2.02. The van der Waals surface area contributed by atoms with Gasteiger partial charge in [0.15, 0.2) is 0 Å². The summed E-state index contributed by atoms with van der Waals surface area (Å²) in [4.78, 5) is 26.2. The SMILES string of the molecule is O=C(Nc1cc(-c2cn[nH]c2)c[nH]c1=O)OCc1ccccc1. The van der Waals surface area contributed by atoms with Gasteiger partial charge in [-0.25, -0.2) is 4.79 Å². The van der Waals surface area contributed by atoms with Crippen molar-refractivity contribution in [3.8, 4) is 11.1 Å². The van der Waals surface area contributed by atoms with Crippen molar-refractivity contribution >= 4 is 11.8 Å². The van der Waals surface area contributed by atoms with Gasteiger partial charge >= 0.3 is 6.09 Å². The molecule has 0 spiro atoms. The number of hydrogen-bond donors (Lipinski definition) is 3. The zero-order chi connectivity index (χ0) is 16.1. The van der Waals surface area contributed by atoms with Crippen LogP contribution in [0.4, 0.5) is 10.5 Å². The van der Waals surface area contributed by atoms with Gasteiger partial charge in [0.1, 0.15) is 12.3 Å². The molecule has 116 valence electrons. The molecular weight excluding hydrogens is 296 g/mol. The molecule has 0 bridgehead atoms. The Labute approximate surface area is 131 Å². The minimum absolute atomic E-state index is 0.113. The molecule has 3 N–H and O–H groups in total. The zero-order valence-corrected chi connectivity index (χ0v) is 12.1. The molecule has 0 unspecified atom stereocenters. The molecule has 7 heteroatoms. The fraction of sp³-hybridized carbons (Fsp3) is 0.0625.